The number of benzene rings is 1. The fourth-order valence-corrected chi connectivity index (χ4v) is 1.61. The van der Waals surface area contributed by atoms with Crippen LogP contribution in [0.4, 0.5) is 13.2 Å². The van der Waals surface area contributed by atoms with Gasteiger partial charge in [0.2, 0.25) is 0 Å². The van der Waals surface area contributed by atoms with Crippen LogP contribution in [0.3, 0.4) is 0 Å². The second-order valence-electron chi connectivity index (χ2n) is 3.83. The number of alkyl halides is 3. The molecule has 0 N–H and O–H groups in total. The second kappa shape index (κ2) is 5.14. The Kier molecular flexibility index (Phi) is 3.55. The van der Waals surface area contributed by atoms with Gasteiger partial charge in [0.05, 0.1) is 0 Å². The number of para-hydroxylation sites is 1. The van der Waals surface area contributed by atoms with Crippen molar-refractivity contribution in [1.82, 2.24) is 4.57 Å². The van der Waals surface area contributed by atoms with E-state index >= 15 is 0 Å². The molecule has 0 atom stereocenters. The SMILES string of the molecule is O=C(/C=C/c1cccn1-c1ccccc1)C(F)(F)F. The van der Waals surface area contributed by atoms with Gasteiger partial charge in [-0.3, -0.25) is 4.79 Å². The summed E-state index contributed by atoms with van der Waals surface area (Å²) in [6, 6.07) is 12.5. The minimum Gasteiger partial charge on any atom is -0.317 e. The minimum atomic E-state index is -4.83. The van der Waals surface area contributed by atoms with Crippen molar-refractivity contribution >= 4 is 11.9 Å². The van der Waals surface area contributed by atoms with Crippen LogP contribution in [0, 0.1) is 0 Å². The van der Waals surface area contributed by atoms with Crippen molar-refractivity contribution < 1.29 is 18.0 Å². The highest BCUT2D eigenvalue weighted by molar-refractivity contribution is 5.97. The molecule has 0 bridgehead atoms. The van der Waals surface area contributed by atoms with Gasteiger partial charge in [-0.2, -0.15) is 13.2 Å². The Hall–Kier alpha value is -2.30. The number of carbonyl (C=O) groups is 1. The quantitative estimate of drug-likeness (QED) is 0.777. The summed E-state index contributed by atoms with van der Waals surface area (Å²) in [6.07, 6.45) is -1.43. The number of hydrogen-bond donors (Lipinski definition) is 0. The number of ketones is 1. The molecule has 19 heavy (non-hydrogen) atoms. The van der Waals surface area contributed by atoms with Crippen LogP contribution in [-0.4, -0.2) is 16.5 Å². The van der Waals surface area contributed by atoms with Crippen LogP contribution < -0.4 is 0 Å². The summed E-state index contributed by atoms with van der Waals surface area (Å²) in [6.45, 7) is 0. The summed E-state index contributed by atoms with van der Waals surface area (Å²) in [7, 11) is 0. The van der Waals surface area contributed by atoms with Crippen LogP contribution in [0.25, 0.3) is 11.8 Å². The molecular weight excluding hydrogens is 255 g/mol. The molecule has 1 heterocycles. The number of halogens is 3. The normalized spacial score (nSPS) is 11.9. The van der Waals surface area contributed by atoms with Crippen LogP contribution in [-0.2, 0) is 4.79 Å². The first kappa shape index (κ1) is 13.1. The molecule has 0 saturated heterocycles. The number of hydrogen-bond acceptors (Lipinski definition) is 1. The van der Waals surface area contributed by atoms with Gasteiger partial charge in [-0.15, -0.1) is 0 Å². The molecule has 1 aromatic heterocycles. The Labute approximate surface area is 107 Å². The molecule has 0 aliphatic heterocycles. The van der Waals surface area contributed by atoms with Gasteiger partial charge < -0.3 is 4.57 Å². The van der Waals surface area contributed by atoms with E-state index in [1.54, 1.807) is 22.9 Å². The highest BCUT2D eigenvalue weighted by Gasteiger charge is 2.36. The summed E-state index contributed by atoms with van der Waals surface area (Å²) in [5, 5.41) is 0. The average Bonchev–Trinajstić information content (AvgIpc) is 2.84. The van der Waals surface area contributed by atoms with Crippen LogP contribution in [0.1, 0.15) is 5.69 Å². The lowest BCUT2D eigenvalue weighted by molar-refractivity contribution is -0.165. The largest absolute Gasteiger partial charge is 0.454 e. The third kappa shape index (κ3) is 3.13. The summed E-state index contributed by atoms with van der Waals surface area (Å²) >= 11 is 0. The summed E-state index contributed by atoms with van der Waals surface area (Å²) in [5.41, 5.74) is 1.32. The minimum absolute atomic E-state index is 0.504. The smallest absolute Gasteiger partial charge is 0.317 e. The van der Waals surface area contributed by atoms with E-state index in [2.05, 4.69) is 0 Å². The van der Waals surface area contributed by atoms with E-state index in [1.807, 2.05) is 30.3 Å². The summed E-state index contributed by atoms with van der Waals surface area (Å²) < 4.78 is 38.0. The van der Waals surface area contributed by atoms with Gasteiger partial charge >= 0.3 is 6.18 Å². The highest BCUT2D eigenvalue weighted by atomic mass is 19.4. The lowest BCUT2D eigenvalue weighted by Gasteiger charge is -2.06. The van der Waals surface area contributed by atoms with Gasteiger partial charge in [0.25, 0.3) is 5.78 Å². The Bertz CT molecular complexity index is 597. The molecule has 5 heteroatoms. The zero-order valence-corrected chi connectivity index (χ0v) is 9.76. The molecule has 0 aliphatic rings. The third-order valence-electron chi connectivity index (χ3n) is 2.50. The van der Waals surface area contributed by atoms with Crippen molar-refractivity contribution in [2.45, 2.75) is 6.18 Å². The summed E-state index contributed by atoms with van der Waals surface area (Å²) in [4.78, 5) is 10.8. The van der Waals surface area contributed by atoms with E-state index in [-0.39, 0.29) is 0 Å². The Morgan fingerprint density at radius 2 is 1.74 bits per heavy atom. The van der Waals surface area contributed by atoms with Gasteiger partial charge in [-0.25, -0.2) is 0 Å². The standard InChI is InChI=1S/C14H10F3NO/c15-14(16,17)13(19)9-8-12-7-4-10-18(12)11-5-2-1-3-6-11/h1-10H/b9-8+. The molecule has 0 saturated carbocycles. The molecule has 0 unspecified atom stereocenters. The van der Waals surface area contributed by atoms with Gasteiger partial charge in [-0.1, -0.05) is 18.2 Å². The molecule has 0 radical (unpaired) electrons. The highest BCUT2D eigenvalue weighted by Crippen LogP contribution is 2.18. The molecule has 0 aliphatic carbocycles. The van der Waals surface area contributed by atoms with E-state index in [0.717, 1.165) is 11.8 Å². The molecule has 0 spiro atoms. The number of aromatic nitrogens is 1. The topological polar surface area (TPSA) is 22.0 Å². The van der Waals surface area contributed by atoms with E-state index in [9.17, 15) is 18.0 Å². The van der Waals surface area contributed by atoms with Crippen LogP contribution in [0.5, 0.6) is 0 Å². The van der Waals surface area contributed by atoms with E-state index < -0.39 is 12.0 Å². The third-order valence-corrected chi connectivity index (χ3v) is 2.50. The number of allylic oxidation sites excluding steroid dienone is 1. The fraction of sp³-hybridized carbons (Fsp3) is 0.0714. The predicted octanol–water partition coefficient (Wildman–Crippen LogP) is 3.62. The molecular formula is C14H10F3NO. The van der Waals surface area contributed by atoms with E-state index in [0.29, 0.717) is 11.8 Å². The Balaban J connectivity index is 2.27. The van der Waals surface area contributed by atoms with Crippen LogP contribution >= 0.6 is 0 Å². The van der Waals surface area contributed by atoms with Crippen molar-refractivity contribution in [3.05, 3.63) is 60.4 Å². The predicted molar refractivity (Wildman–Crippen MR) is 65.9 cm³/mol. The monoisotopic (exact) mass is 265 g/mol. The van der Waals surface area contributed by atoms with Gasteiger partial charge in [0, 0.05) is 17.6 Å². The van der Waals surface area contributed by atoms with Crippen molar-refractivity contribution in [3.63, 3.8) is 0 Å². The molecule has 2 aromatic rings. The van der Waals surface area contributed by atoms with Gasteiger partial charge in [-0.05, 0) is 36.4 Å². The van der Waals surface area contributed by atoms with Gasteiger partial charge in [0.1, 0.15) is 0 Å². The van der Waals surface area contributed by atoms with Gasteiger partial charge in [0.15, 0.2) is 0 Å². The maximum Gasteiger partial charge on any atom is 0.454 e. The second-order valence-corrected chi connectivity index (χ2v) is 3.83. The number of carbonyl (C=O) groups excluding carboxylic acids is 1. The zero-order chi connectivity index (χ0) is 13.9. The lowest BCUT2D eigenvalue weighted by Crippen LogP contribution is -2.19. The van der Waals surface area contributed by atoms with E-state index in [4.69, 9.17) is 0 Å². The molecule has 98 valence electrons. The van der Waals surface area contributed by atoms with E-state index in [1.165, 1.54) is 0 Å². The first-order valence-corrected chi connectivity index (χ1v) is 5.50. The number of nitrogens with zero attached hydrogens (tertiary/aromatic N) is 1. The Morgan fingerprint density at radius 3 is 2.37 bits per heavy atom. The Morgan fingerprint density at radius 1 is 1.05 bits per heavy atom. The maximum absolute atomic E-state index is 12.1. The first-order chi connectivity index (χ1) is 8.98. The van der Waals surface area contributed by atoms with Crippen molar-refractivity contribution in [3.8, 4) is 5.69 Å². The molecule has 1 aromatic carbocycles. The van der Waals surface area contributed by atoms with Crippen molar-refractivity contribution in [1.29, 1.82) is 0 Å². The number of rotatable bonds is 3. The van der Waals surface area contributed by atoms with Crippen LogP contribution in [0.15, 0.2) is 54.7 Å². The average molecular weight is 265 g/mol. The van der Waals surface area contributed by atoms with Crippen LogP contribution in [0.2, 0.25) is 0 Å². The maximum atomic E-state index is 12.1. The fourth-order valence-electron chi connectivity index (χ4n) is 1.61. The first-order valence-electron chi connectivity index (χ1n) is 5.50. The summed E-state index contributed by atoms with van der Waals surface area (Å²) in [5.74, 6) is -1.87. The van der Waals surface area contributed by atoms with Crippen molar-refractivity contribution in [2.75, 3.05) is 0 Å². The molecule has 0 amide bonds. The lowest BCUT2D eigenvalue weighted by atomic mass is 10.2. The molecule has 0 fully saturated rings. The molecule has 2 rings (SSSR count). The van der Waals surface area contributed by atoms with Crippen molar-refractivity contribution in [2.24, 2.45) is 0 Å². The zero-order valence-electron chi connectivity index (χ0n) is 9.76. The molecule has 2 nitrogen and oxygen atoms in total.